The van der Waals surface area contributed by atoms with E-state index < -0.39 is 17.7 Å². The number of hydrogen-bond acceptors (Lipinski definition) is 2. The van der Waals surface area contributed by atoms with Gasteiger partial charge in [0.2, 0.25) is 0 Å². The minimum absolute atomic E-state index is 0.0134. The molecule has 0 aliphatic rings. The number of alkyl halides is 3. The fourth-order valence-electron chi connectivity index (χ4n) is 1.88. The van der Waals surface area contributed by atoms with Crippen molar-refractivity contribution in [2.75, 3.05) is 0 Å². The van der Waals surface area contributed by atoms with Gasteiger partial charge in [-0.25, -0.2) is 9.79 Å². The highest BCUT2D eigenvalue weighted by molar-refractivity contribution is 6.10. The molecular weight excluding hydrogens is 323 g/mol. The molecule has 5 nitrogen and oxygen atoms in total. The summed E-state index contributed by atoms with van der Waals surface area (Å²) in [6.07, 6.45) is -4.45. The van der Waals surface area contributed by atoms with E-state index in [9.17, 15) is 18.0 Å². The molecular formula is C16H12F3N3O2. The molecule has 0 bridgehead atoms. The summed E-state index contributed by atoms with van der Waals surface area (Å²) in [4.78, 5) is 14.7. The Morgan fingerprint density at radius 1 is 1.04 bits per heavy atom. The van der Waals surface area contributed by atoms with Crippen molar-refractivity contribution in [3.63, 3.8) is 0 Å². The highest BCUT2D eigenvalue weighted by Gasteiger charge is 2.30. The first-order valence-electron chi connectivity index (χ1n) is 6.62. The molecule has 0 heterocycles. The second-order valence-electron chi connectivity index (χ2n) is 4.81. The van der Waals surface area contributed by atoms with Crippen LogP contribution in [0.3, 0.4) is 0 Å². The van der Waals surface area contributed by atoms with E-state index in [4.69, 9.17) is 16.2 Å². The predicted octanol–water partition coefficient (Wildman–Crippen LogP) is 3.13. The van der Waals surface area contributed by atoms with Crippen molar-refractivity contribution in [1.29, 1.82) is 5.41 Å². The Morgan fingerprint density at radius 2 is 1.62 bits per heavy atom. The molecule has 0 fully saturated rings. The van der Waals surface area contributed by atoms with Crippen LogP contribution >= 0.6 is 0 Å². The summed E-state index contributed by atoms with van der Waals surface area (Å²) in [7, 11) is 0. The number of hydrogen-bond donors (Lipinski definition) is 3. The summed E-state index contributed by atoms with van der Waals surface area (Å²) >= 11 is 0. The predicted molar refractivity (Wildman–Crippen MR) is 82.4 cm³/mol. The van der Waals surface area contributed by atoms with Crippen molar-refractivity contribution in [1.82, 2.24) is 0 Å². The summed E-state index contributed by atoms with van der Waals surface area (Å²) in [6.45, 7) is 0. The van der Waals surface area contributed by atoms with Gasteiger partial charge >= 0.3 is 12.1 Å². The molecule has 0 aliphatic heterocycles. The first kappa shape index (κ1) is 17.2. The maximum Gasteiger partial charge on any atom is 0.416 e. The highest BCUT2D eigenvalue weighted by Crippen LogP contribution is 2.29. The van der Waals surface area contributed by atoms with E-state index in [0.29, 0.717) is 0 Å². The molecule has 0 spiro atoms. The van der Waals surface area contributed by atoms with Crippen molar-refractivity contribution in [2.24, 2.45) is 10.7 Å². The summed E-state index contributed by atoms with van der Waals surface area (Å²) in [6, 6.07) is 9.61. The van der Waals surface area contributed by atoms with Crippen LogP contribution in [0.2, 0.25) is 0 Å². The van der Waals surface area contributed by atoms with Crippen molar-refractivity contribution >= 4 is 17.6 Å². The van der Waals surface area contributed by atoms with Crippen LogP contribution in [-0.4, -0.2) is 22.7 Å². The van der Waals surface area contributed by atoms with Crippen molar-refractivity contribution in [2.45, 2.75) is 6.18 Å². The third kappa shape index (κ3) is 3.97. The van der Waals surface area contributed by atoms with E-state index in [2.05, 4.69) is 4.99 Å². The zero-order valence-electron chi connectivity index (χ0n) is 12.1. The Hall–Kier alpha value is -3.16. The van der Waals surface area contributed by atoms with E-state index in [1.165, 1.54) is 24.3 Å². The largest absolute Gasteiger partial charge is 0.478 e. The van der Waals surface area contributed by atoms with Crippen LogP contribution in [0.15, 0.2) is 53.5 Å². The number of halogens is 3. The number of aromatic carboxylic acids is 1. The number of carboxylic acids is 1. The average Bonchev–Trinajstić information content (AvgIpc) is 2.54. The van der Waals surface area contributed by atoms with Crippen LogP contribution in [-0.2, 0) is 6.18 Å². The second kappa shape index (κ2) is 6.53. The maximum atomic E-state index is 12.5. The van der Waals surface area contributed by atoms with Gasteiger partial charge in [-0.1, -0.05) is 24.3 Å². The van der Waals surface area contributed by atoms with Crippen molar-refractivity contribution in [3.05, 3.63) is 70.8 Å². The van der Waals surface area contributed by atoms with Gasteiger partial charge in [-0.2, -0.15) is 13.2 Å². The van der Waals surface area contributed by atoms with Gasteiger partial charge in [-0.05, 0) is 24.3 Å². The Bertz CT molecular complexity index is 812. The molecule has 2 aromatic carbocycles. The van der Waals surface area contributed by atoms with Crippen LogP contribution in [0.5, 0.6) is 0 Å². The lowest BCUT2D eigenvalue weighted by molar-refractivity contribution is -0.137. The molecule has 0 atom stereocenters. The van der Waals surface area contributed by atoms with Gasteiger partial charge in [-0.15, -0.1) is 0 Å². The molecule has 0 saturated carbocycles. The third-order valence-corrected chi connectivity index (χ3v) is 3.12. The molecule has 0 unspecified atom stereocenters. The van der Waals surface area contributed by atoms with Crippen molar-refractivity contribution in [3.8, 4) is 0 Å². The number of benzene rings is 2. The smallest absolute Gasteiger partial charge is 0.416 e. The quantitative estimate of drug-likeness (QED) is 0.593. The van der Waals surface area contributed by atoms with E-state index in [-0.39, 0.29) is 28.4 Å². The van der Waals surface area contributed by atoms with Crippen LogP contribution in [0.4, 0.5) is 13.2 Å². The molecule has 0 amide bonds. The first-order valence-corrected chi connectivity index (χ1v) is 6.62. The number of aliphatic imine (C=N–C) groups is 1. The molecule has 124 valence electrons. The zero-order chi connectivity index (χ0) is 17.9. The number of amidine groups is 2. The average molecular weight is 335 g/mol. The van der Waals surface area contributed by atoms with Gasteiger partial charge in [0.05, 0.1) is 11.1 Å². The molecule has 4 N–H and O–H groups in total. The molecule has 0 saturated heterocycles. The summed E-state index contributed by atoms with van der Waals surface area (Å²) in [5, 5.41) is 16.8. The van der Waals surface area contributed by atoms with Gasteiger partial charge < -0.3 is 10.8 Å². The number of carboxylic acid groups (broad SMARTS) is 1. The summed E-state index contributed by atoms with van der Waals surface area (Å²) < 4.78 is 37.5. The molecule has 8 heteroatoms. The standard InChI is InChI=1S/C16H12F3N3O2/c17-16(18,19)12-6-4-9(5-7-12)13(20)22-14(21)10-2-1-3-11(8-10)15(23)24/h1-8H,(H,23,24)(H3,20,21,22). The van der Waals surface area contributed by atoms with E-state index in [1.54, 1.807) is 0 Å². The minimum Gasteiger partial charge on any atom is -0.478 e. The lowest BCUT2D eigenvalue weighted by Gasteiger charge is -2.07. The molecule has 2 rings (SSSR count). The van der Waals surface area contributed by atoms with Gasteiger partial charge in [0.25, 0.3) is 0 Å². The van der Waals surface area contributed by atoms with Gasteiger partial charge in [-0.3, -0.25) is 5.41 Å². The fraction of sp³-hybridized carbons (Fsp3) is 0.0625. The normalized spacial score (nSPS) is 12.0. The maximum absolute atomic E-state index is 12.5. The van der Waals surface area contributed by atoms with Crippen molar-refractivity contribution < 1.29 is 23.1 Å². The first-order chi connectivity index (χ1) is 11.2. The number of nitrogens with two attached hydrogens (primary N) is 1. The number of rotatable bonds is 3. The summed E-state index contributed by atoms with van der Waals surface area (Å²) in [5.74, 6) is -1.59. The number of nitrogens with zero attached hydrogens (tertiary/aromatic N) is 1. The second-order valence-corrected chi connectivity index (χ2v) is 4.81. The van der Waals surface area contributed by atoms with E-state index in [0.717, 1.165) is 24.3 Å². The van der Waals surface area contributed by atoms with Gasteiger partial charge in [0.15, 0.2) is 5.84 Å². The molecule has 0 aliphatic carbocycles. The fourth-order valence-corrected chi connectivity index (χ4v) is 1.88. The Kier molecular flexibility index (Phi) is 4.68. The van der Waals surface area contributed by atoms with E-state index >= 15 is 0 Å². The summed E-state index contributed by atoms with van der Waals surface area (Å²) in [5.41, 5.74) is 5.32. The number of carbonyl (C=O) groups is 1. The van der Waals surface area contributed by atoms with Crippen LogP contribution in [0.1, 0.15) is 27.0 Å². The van der Waals surface area contributed by atoms with Crippen LogP contribution in [0.25, 0.3) is 0 Å². The molecule has 0 radical (unpaired) electrons. The lowest BCUT2D eigenvalue weighted by Crippen LogP contribution is -2.16. The zero-order valence-corrected chi connectivity index (χ0v) is 12.1. The Labute approximate surface area is 134 Å². The number of nitrogens with one attached hydrogen (secondary N) is 1. The Balaban J connectivity index is 2.25. The van der Waals surface area contributed by atoms with E-state index in [1.807, 2.05) is 0 Å². The Morgan fingerprint density at radius 3 is 2.17 bits per heavy atom. The SMILES string of the molecule is N=C(N=C(N)c1ccc(C(F)(F)F)cc1)c1cccc(C(=O)O)c1. The third-order valence-electron chi connectivity index (χ3n) is 3.12. The molecule has 24 heavy (non-hydrogen) atoms. The van der Waals surface area contributed by atoms with Crippen LogP contribution in [0, 0.1) is 5.41 Å². The lowest BCUT2D eigenvalue weighted by atomic mass is 10.1. The van der Waals surface area contributed by atoms with Crippen LogP contribution < -0.4 is 5.73 Å². The van der Waals surface area contributed by atoms with Gasteiger partial charge in [0, 0.05) is 11.1 Å². The molecule has 0 aromatic heterocycles. The highest BCUT2D eigenvalue weighted by atomic mass is 19.4. The monoisotopic (exact) mass is 335 g/mol. The van der Waals surface area contributed by atoms with Gasteiger partial charge in [0.1, 0.15) is 5.84 Å². The minimum atomic E-state index is -4.45. The molecule has 2 aromatic rings. The topological polar surface area (TPSA) is 99.5 Å².